The van der Waals surface area contributed by atoms with E-state index < -0.39 is 11.8 Å². The van der Waals surface area contributed by atoms with Gasteiger partial charge in [0.25, 0.3) is 0 Å². The van der Waals surface area contributed by atoms with Crippen LogP contribution in [-0.4, -0.2) is 35.3 Å². The third-order valence-corrected chi connectivity index (χ3v) is 5.44. The first kappa shape index (κ1) is 19.1. The number of ether oxygens (including phenoxy) is 1. The second-order valence-corrected chi connectivity index (χ2v) is 7.81. The molecule has 2 N–H and O–H groups in total. The summed E-state index contributed by atoms with van der Waals surface area (Å²) in [7, 11) is 2.05. The van der Waals surface area contributed by atoms with Gasteiger partial charge in [0, 0.05) is 30.1 Å². The van der Waals surface area contributed by atoms with E-state index in [-0.39, 0.29) is 0 Å². The number of nitrogens with one attached hydrogen (secondary N) is 2. The SMILES string of the molecule is CN1CCc2nc(NC(=O)C(=O)Nc3ccc(Oc4ccccc4)cc3)sc2C1. The van der Waals surface area contributed by atoms with Crippen molar-refractivity contribution < 1.29 is 14.3 Å². The summed E-state index contributed by atoms with van der Waals surface area (Å²) >= 11 is 1.41. The maximum Gasteiger partial charge on any atom is 0.315 e. The molecule has 1 aromatic heterocycles. The van der Waals surface area contributed by atoms with E-state index in [1.165, 1.54) is 11.3 Å². The number of hydrogen-bond acceptors (Lipinski definition) is 6. The molecule has 0 spiro atoms. The molecule has 0 atom stereocenters. The highest BCUT2D eigenvalue weighted by Crippen LogP contribution is 2.28. The van der Waals surface area contributed by atoms with Crippen LogP contribution in [0.1, 0.15) is 10.6 Å². The van der Waals surface area contributed by atoms with E-state index in [0.717, 1.165) is 35.8 Å². The second-order valence-electron chi connectivity index (χ2n) is 6.72. The lowest BCUT2D eigenvalue weighted by molar-refractivity contribution is -0.132. The van der Waals surface area contributed by atoms with Crippen LogP contribution < -0.4 is 15.4 Å². The van der Waals surface area contributed by atoms with Crippen LogP contribution in [0.25, 0.3) is 0 Å². The van der Waals surface area contributed by atoms with Crippen molar-refractivity contribution >= 4 is 34.0 Å². The molecule has 29 heavy (non-hydrogen) atoms. The van der Waals surface area contributed by atoms with Crippen LogP contribution in [0.5, 0.6) is 11.5 Å². The van der Waals surface area contributed by atoms with Gasteiger partial charge in [-0.05, 0) is 43.4 Å². The fourth-order valence-corrected chi connectivity index (χ4v) is 4.03. The van der Waals surface area contributed by atoms with Gasteiger partial charge in [-0.15, -0.1) is 11.3 Å². The highest BCUT2D eigenvalue weighted by atomic mass is 32.1. The van der Waals surface area contributed by atoms with Crippen molar-refractivity contribution in [3.8, 4) is 11.5 Å². The minimum atomic E-state index is -0.744. The molecule has 0 bridgehead atoms. The topological polar surface area (TPSA) is 83.6 Å². The molecule has 1 aliphatic rings. The molecule has 0 aliphatic carbocycles. The smallest absolute Gasteiger partial charge is 0.315 e. The summed E-state index contributed by atoms with van der Waals surface area (Å²) in [4.78, 5) is 32.2. The normalized spacial score (nSPS) is 13.4. The molecule has 8 heteroatoms. The van der Waals surface area contributed by atoms with Crippen molar-refractivity contribution in [2.45, 2.75) is 13.0 Å². The summed E-state index contributed by atoms with van der Waals surface area (Å²) in [5, 5.41) is 5.63. The van der Waals surface area contributed by atoms with Gasteiger partial charge in [-0.2, -0.15) is 0 Å². The van der Waals surface area contributed by atoms with Gasteiger partial charge < -0.3 is 15.0 Å². The highest BCUT2D eigenvalue weighted by molar-refractivity contribution is 7.16. The summed E-state index contributed by atoms with van der Waals surface area (Å²) in [6, 6.07) is 16.2. The van der Waals surface area contributed by atoms with E-state index in [9.17, 15) is 9.59 Å². The number of carbonyl (C=O) groups excluding carboxylic acids is 2. The van der Waals surface area contributed by atoms with E-state index >= 15 is 0 Å². The quantitative estimate of drug-likeness (QED) is 0.646. The van der Waals surface area contributed by atoms with Gasteiger partial charge in [0.1, 0.15) is 11.5 Å². The zero-order valence-corrected chi connectivity index (χ0v) is 16.7. The standard InChI is InChI=1S/C21H20N4O3S/c1-25-12-11-17-18(13-25)29-21(23-17)24-20(27)19(26)22-14-7-9-16(10-8-14)28-15-5-3-2-4-6-15/h2-10H,11-13H2,1H3,(H,22,26)(H,23,24,27). The van der Waals surface area contributed by atoms with Gasteiger partial charge in [-0.3, -0.25) is 14.9 Å². The van der Waals surface area contributed by atoms with Crippen LogP contribution in [0.3, 0.4) is 0 Å². The molecule has 3 aromatic rings. The molecule has 0 radical (unpaired) electrons. The van der Waals surface area contributed by atoms with Gasteiger partial charge in [0.15, 0.2) is 5.13 Å². The first-order chi connectivity index (χ1) is 14.1. The molecular formula is C21H20N4O3S. The maximum absolute atomic E-state index is 12.2. The number of rotatable bonds is 4. The van der Waals surface area contributed by atoms with Crippen molar-refractivity contribution in [1.29, 1.82) is 0 Å². The predicted octanol–water partition coefficient (Wildman–Crippen LogP) is 3.50. The first-order valence-electron chi connectivity index (χ1n) is 9.19. The lowest BCUT2D eigenvalue weighted by atomic mass is 10.2. The Morgan fingerprint density at radius 1 is 1.00 bits per heavy atom. The number of hydrogen-bond donors (Lipinski definition) is 2. The summed E-state index contributed by atoms with van der Waals surface area (Å²) in [5.41, 5.74) is 1.50. The van der Waals surface area contributed by atoms with Crippen LogP contribution in [-0.2, 0) is 22.6 Å². The molecule has 0 unspecified atom stereocenters. The van der Waals surface area contributed by atoms with Crippen LogP contribution in [0, 0.1) is 0 Å². The molecule has 148 valence electrons. The first-order valence-corrected chi connectivity index (χ1v) is 10.0. The van der Waals surface area contributed by atoms with Gasteiger partial charge in [0.2, 0.25) is 0 Å². The largest absolute Gasteiger partial charge is 0.457 e. The summed E-state index contributed by atoms with van der Waals surface area (Å²) in [5.74, 6) is -0.126. The van der Waals surface area contributed by atoms with E-state index in [0.29, 0.717) is 16.6 Å². The second kappa shape index (κ2) is 8.42. The maximum atomic E-state index is 12.2. The number of amides is 2. The molecule has 2 aromatic carbocycles. The average molecular weight is 408 g/mol. The van der Waals surface area contributed by atoms with Crippen molar-refractivity contribution in [3.63, 3.8) is 0 Å². The Morgan fingerprint density at radius 2 is 1.69 bits per heavy atom. The van der Waals surface area contributed by atoms with Crippen molar-refractivity contribution in [2.24, 2.45) is 0 Å². The Labute approximate surface area is 172 Å². The lowest BCUT2D eigenvalue weighted by Gasteiger charge is -2.20. The van der Waals surface area contributed by atoms with E-state index in [1.54, 1.807) is 24.3 Å². The third-order valence-electron chi connectivity index (χ3n) is 4.44. The number of anilines is 2. The molecular weight excluding hydrogens is 388 g/mol. The highest BCUT2D eigenvalue weighted by Gasteiger charge is 2.21. The van der Waals surface area contributed by atoms with E-state index in [1.807, 2.05) is 37.4 Å². The number of carbonyl (C=O) groups is 2. The van der Waals surface area contributed by atoms with Gasteiger partial charge in [-0.1, -0.05) is 18.2 Å². The van der Waals surface area contributed by atoms with Crippen LogP contribution >= 0.6 is 11.3 Å². The van der Waals surface area contributed by atoms with Gasteiger partial charge in [-0.25, -0.2) is 4.98 Å². The third kappa shape index (κ3) is 4.79. The fourth-order valence-electron chi connectivity index (χ4n) is 2.95. The summed E-state index contributed by atoms with van der Waals surface area (Å²) < 4.78 is 5.71. The Kier molecular flexibility index (Phi) is 5.55. The number of benzene rings is 2. The molecule has 2 amide bonds. The Morgan fingerprint density at radius 3 is 2.45 bits per heavy atom. The number of thiazole rings is 1. The number of likely N-dealkylation sites (N-methyl/N-ethyl adjacent to an activating group) is 1. The Balaban J connectivity index is 1.33. The minimum absolute atomic E-state index is 0.456. The van der Waals surface area contributed by atoms with Gasteiger partial charge in [0.05, 0.1) is 5.69 Å². The predicted molar refractivity (Wildman–Crippen MR) is 112 cm³/mol. The van der Waals surface area contributed by atoms with Gasteiger partial charge >= 0.3 is 11.8 Å². The van der Waals surface area contributed by atoms with E-state index in [4.69, 9.17) is 4.74 Å². The molecule has 0 saturated heterocycles. The Hall–Kier alpha value is -3.23. The number of nitrogens with zero attached hydrogens (tertiary/aromatic N) is 2. The monoisotopic (exact) mass is 408 g/mol. The zero-order valence-electron chi connectivity index (χ0n) is 15.8. The lowest BCUT2D eigenvalue weighted by Crippen LogP contribution is -2.29. The van der Waals surface area contributed by atoms with Crippen LogP contribution in [0.4, 0.5) is 10.8 Å². The van der Waals surface area contributed by atoms with Crippen molar-refractivity contribution in [3.05, 3.63) is 65.2 Å². The van der Waals surface area contributed by atoms with E-state index in [2.05, 4.69) is 20.5 Å². The summed E-state index contributed by atoms with van der Waals surface area (Å²) in [6.07, 6.45) is 0.849. The average Bonchev–Trinajstić information content (AvgIpc) is 3.11. The van der Waals surface area contributed by atoms with Crippen molar-refractivity contribution in [2.75, 3.05) is 24.2 Å². The molecule has 1 aliphatic heterocycles. The molecule has 4 rings (SSSR count). The molecule has 2 heterocycles. The van der Waals surface area contributed by atoms with Crippen LogP contribution in [0.15, 0.2) is 54.6 Å². The number of para-hydroxylation sites is 1. The van der Waals surface area contributed by atoms with Crippen LogP contribution in [0.2, 0.25) is 0 Å². The van der Waals surface area contributed by atoms with Crippen molar-refractivity contribution in [1.82, 2.24) is 9.88 Å². The zero-order chi connectivity index (χ0) is 20.2. The molecule has 7 nitrogen and oxygen atoms in total. The fraction of sp³-hybridized carbons (Fsp3) is 0.190. The molecule has 0 fully saturated rings. The number of fused-ring (bicyclic) bond motifs is 1. The minimum Gasteiger partial charge on any atom is -0.457 e. The molecule has 0 saturated carbocycles. The summed E-state index contributed by atoms with van der Waals surface area (Å²) in [6.45, 7) is 1.75. The number of aromatic nitrogens is 1. The Bertz CT molecular complexity index is 1020.